The predicted molar refractivity (Wildman–Crippen MR) is 63.8 cm³/mol. The summed E-state index contributed by atoms with van der Waals surface area (Å²) in [5.41, 5.74) is 5.42. The summed E-state index contributed by atoms with van der Waals surface area (Å²) >= 11 is 0. The maximum absolute atomic E-state index is 3.19. The molecule has 2 aliphatic rings. The molecule has 0 saturated heterocycles. The third-order valence-corrected chi connectivity index (χ3v) is 2.73. The van der Waals surface area contributed by atoms with Gasteiger partial charge in [-0.1, -0.05) is 13.8 Å². The van der Waals surface area contributed by atoms with Gasteiger partial charge in [0.2, 0.25) is 0 Å². The third-order valence-electron chi connectivity index (χ3n) is 2.73. The maximum atomic E-state index is 3.19. The first kappa shape index (κ1) is 14.8. The van der Waals surface area contributed by atoms with Crippen molar-refractivity contribution in [3.05, 3.63) is 46.6 Å². The molecule has 0 spiro atoms. The van der Waals surface area contributed by atoms with Gasteiger partial charge < -0.3 is 2.85 Å². The SMILES string of the molecule is CC1=[C-]CC=C1C.CC1=[C-]CC=C1C.[H-].[H-].[Zr+2]. The predicted octanol–water partition coefficient (Wildman–Crippen LogP) is 4.39. The van der Waals surface area contributed by atoms with Gasteiger partial charge in [0.25, 0.3) is 0 Å². The second kappa shape index (κ2) is 7.17. The van der Waals surface area contributed by atoms with Crippen molar-refractivity contribution in [3.8, 4) is 0 Å². The Morgan fingerprint density at radius 2 is 1.20 bits per heavy atom. The Labute approximate surface area is 116 Å². The van der Waals surface area contributed by atoms with Crippen LogP contribution >= 0.6 is 0 Å². The Bertz CT molecular complexity index is 270. The average Bonchev–Trinajstić information content (AvgIpc) is 2.67. The van der Waals surface area contributed by atoms with Crippen LogP contribution in [0.5, 0.6) is 0 Å². The maximum Gasteiger partial charge on any atom is 2.00 e. The molecule has 0 atom stereocenters. The zero-order valence-electron chi connectivity index (χ0n) is 12.1. The van der Waals surface area contributed by atoms with Crippen LogP contribution in [0.15, 0.2) is 34.4 Å². The number of hydrogen-bond acceptors (Lipinski definition) is 0. The van der Waals surface area contributed by atoms with Gasteiger partial charge in [0.15, 0.2) is 0 Å². The van der Waals surface area contributed by atoms with Crippen molar-refractivity contribution in [2.75, 3.05) is 0 Å². The fraction of sp³-hybridized carbons (Fsp3) is 0.429. The van der Waals surface area contributed by atoms with E-state index in [9.17, 15) is 0 Å². The van der Waals surface area contributed by atoms with Crippen molar-refractivity contribution in [2.24, 2.45) is 0 Å². The molecule has 1 heteroatoms. The summed E-state index contributed by atoms with van der Waals surface area (Å²) in [5, 5.41) is 0. The third kappa shape index (κ3) is 4.93. The minimum Gasteiger partial charge on any atom is -1.00 e. The molecule has 0 radical (unpaired) electrons. The van der Waals surface area contributed by atoms with Crippen LogP contribution in [0, 0.1) is 12.2 Å². The summed E-state index contributed by atoms with van der Waals surface area (Å²) in [7, 11) is 0. The molecule has 0 aliphatic heterocycles. The van der Waals surface area contributed by atoms with Crippen molar-refractivity contribution in [1.29, 1.82) is 0 Å². The van der Waals surface area contributed by atoms with Gasteiger partial charge in [-0.25, -0.2) is 22.3 Å². The number of hydrogen-bond donors (Lipinski definition) is 0. The van der Waals surface area contributed by atoms with E-state index in [-0.39, 0.29) is 29.1 Å². The fourth-order valence-corrected chi connectivity index (χ4v) is 1.30. The first-order chi connectivity index (χ1) is 6.61. The molecule has 2 aliphatic carbocycles. The van der Waals surface area contributed by atoms with E-state index < -0.39 is 0 Å². The van der Waals surface area contributed by atoms with Gasteiger partial charge in [-0.15, -0.1) is 26.7 Å². The monoisotopic (exact) mass is 278 g/mol. The standard InChI is InChI=1S/2C7H9.Zr.2H/c2*1-6-4-3-5-7(6)2;;;/h2*4H,3H2,1-2H3;;;/q2*-1;+2;2*-1. The van der Waals surface area contributed by atoms with Crippen LogP contribution in [0.4, 0.5) is 0 Å². The Morgan fingerprint density at radius 3 is 1.27 bits per heavy atom. The number of rotatable bonds is 0. The van der Waals surface area contributed by atoms with Crippen molar-refractivity contribution in [2.45, 2.75) is 40.5 Å². The first-order valence-corrected chi connectivity index (χ1v) is 5.10. The van der Waals surface area contributed by atoms with E-state index in [0.717, 1.165) is 12.8 Å². The Kier molecular flexibility index (Phi) is 7.10. The van der Waals surface area contributed by atoms with Crippen molar-refractivity contribution < 1.29 is 29.1 Å². The van der Waals surface area contributed by atoms with E-state index in [1.807, 2.05) is 0 Å². The summed E-state index contributed by atoms with van der Waals surface area (Å²) in [5.74, 6) is 0. The Balaban J connectivity index is -0.000000196. The Hall–Kier alpha value is -0.157. The second-order valence-electron chi connectivity index (χ2n) is 3.79. The molecule has 0 aromatic carbocycles. The van der Waals surface area contributed by atoms with E-state index in [4.69, 9.17) is 0 Å². The molecule has 0 bridgehead atoms. The fourth-order valence-electron chi connectivity index (χ4n) is 1.30. The summed E-state index contributed by atoms with van der Waals surface area (Å²) in [4.78, 5) is 0. The minimum atomic E-state index is 0. The largest absolute Gasteiger partial charge is 2.00 e. The molecule has 0 heterocycles. The summed E-state index contributed by atoms with van der Waals surface area (Å²) < 4.78 is 0. The minimum absolute atomic E-state index is 0. The van der Waals surface area contributed by atoms with Gasteiger partial charge >= 0.3 is 26.2 Å². The van der Waals surface area contributed by atoms with E-state index in [1.165, 1.54) is 22.3 Å². The smallest absolute Gasteiger partial charge is 1.00 e. The van der Waals surface area contributed by atoms with Gasteiger partial charge in [-0.3, -0.25) is 12.2 Å². The summed E-state index contributed by atoms with van der Waals surface area (Å²) in [6.07, 6.45) is 12.8. The summed E-state index contributed by atoms with van der Waals surface area (Å²) in [6.45, 7) is 8.43. The van der Waals surface area contributed by atoms with Crippen LogP contribution in [0.25, 0.3) is 0 Å². The van der Waals surface area contributed by atoms with Gasteiger partial charge in [0, 0.05) is 0 Å². The molecule has 2 rings (SSSR count). The Morgan fingerprint density at radius 1 is 0.867 bits per heavy atom. The van der Waals surface area contributed by atoms with E-state index in [2.05, 4.69) is 52.0 Å². The van der Waals surface area contributed by atoms with Crippen molar-refractivity contribution in [1.82, 2.24) is 0 Å². The van der Waals surface area contributed by atoms with Gasteiger partial charge in [-0.05, 0) is 0 Å². The molecule has 0 saturated carbocycles. The van der Waals surface area contributed by atoms with Crippen LogP contribution < -0.4 is 0 Å². The normalized spacial score (nSPS) is 17.9. The van der Waals surface area contributed by atoms with E-state index in [1.54, 1.807) is 0 Å². The summed E-state index contributed by atoms with van der Waals surface area (Å²) in [6, 6.07) is 0. The zero-order chi connectivity index (χ0) is 10.6. The van der Waals surface area contributed by atoms with Crippen LogP contribution in [-0.2, 0) is 26.2 Å². The molecule has 0 aromatic rings. The second-order valence-corrected chi connectivity index (χ2v) is 3.79. The molecule has 0 amide bonds. The van der Waals surface area contributed by atoms with E-state index in [0.29, 0.717) is 0 Å². The molecule has 15 heavy (non-hydrogen) atoms. The van der Waals surface area contributed by atoms with Gasteiger partial charge in [0.05, 0.1) is 0 Å². The molecule has 0 nitrogen and oxygen atoms in total. The number of allylic oxidation sites excluding steroid dienone is 8. The van der Waals surface area contributed by atoms with Crippen molar-refractivity contribution >= 4 is 0 Å². The molecular formula is C14H20Zr-2. The molecule has 0 aromatic heterocycles. The molecule has 82 valence electrons. The first-order valence-electron chi connectivity index (χ1n) is 5.10. The molecule has 0 fully saturated rings. The van der Waals surface area contributed by atoms with Crippen LogP contribution in [0.3, 0.4) is 0 Å². The van der Waals surface area contributed by atoms with Crippen LogP contribution in [0.1, 0.15) is 43.4 Å². The van der Waals surface area contributed by atoms with E-state index >= 15 is 0 Å². The zero-order valence-corrected chi connectivity index (χ0v) is 12.5. The topological polar surface area (TPSA) is 0 Å². The molecular weight excluding hydrogens is 259 g/mol. The molecule has 0 unspecified atom stereocenters. The van der Waals surface area contributed by atoms with Crippen molar-refractivity contribution in [3.63, 3.8) is 0 Å². The quantitative estimate of drug-likeness (QED) is 0.577. The van der Waals surface area contributed by atoms with Gasteiger partial charge in [-0.2, -0.15) is 12.2 Å². The molecule has 0 N–H and O–H groups in total. The van der Waals surface area contributed by atoms with Crippen LogP contribution in [0.2, 0.25) is 0 Å². The average molecular weight is 280 g/mol. The van der Waals surface area contributed by atoms with Crippen LogP contribution in [-0.4, -0.2) is 0 Å². The van der Waals surface area contributed by atoms with Gasteiger partial charge in [0.1, 0.15) is 0 Å².